The summed E-state index contributed by atoms with van der Waals surface area (Å²) in [7, 11) is -3.23. The van der Waals surface area contributed by atoms with E-state index in [1.54, 1.807) is 10.5 Å². The third-order valence-electron chi connectivity index (χ3n) is 6.44. The molecule has 1 aromatic carbocycles. The number of halogens is 1. The molecule has 3 aromatic rings. The van der Waals surface area contributed by atoms with E-state index in [1.807, 2.05) is 29.1 Å². The van der Waals surface area contributed by atoms with E-state index in [4.69, 9.17) is 17.3 Å². The van der Waals surface area contributed by atoms with Gasteiger partial charge in [0.15, 0.2) is 0 Å². The van der Waals surface area contributed by atoms with Crippen LogP contribution in [0.2, 0.25) is 0 Å². The van der Waals surface area contributed by atoms with Gasteiger partial charge in [-0.05, 0) is 18.4 Å². The first kappa shape index (κ1) is 22.1. The average molecular weight is 488 g/mol. The second kappa shape index (κ2) is 8.58. The quantitative estimate of drug-likeness (QED) is 0.468. The maximum absolute atomic E-state index is 12.2. The maximum Gasteiger partial charge on any atom is 0.215 e. The fraction of sp³-hybridized carbons (Fsp3) is 0.409. The number of hydrogen-bond donors (Lipinski definition) is 2. The maximum atomic E-state index is 12.2. The molecule has 0 unspecified atom stereocenters. The Balaban J connectivity index is 1.25. The number of nitrogens with one attached hydrogen (secondary N) is 1. The predicted octanol–water partition coefficient (Wildman–Crippen LogP) is 2.42. The number of aromatic nitrogens is 4. The second-order valence-electron chi connectivity index (χ2n) is 8.92. The molecule has 1 saturated heterocycles. The van der Waals surface area contributed by atoms with E-state index in [1.165, 1.54) is 6.33 Å². The van der Waals surface area contributed by atoms with Gasteiger partial charge in [0.25, 0.3) is 0 Å². The lowest BCUT2D eigenvalue weighted by molar-refractivity contribution is -0.0172. The van der Waals surface area contributed by atoms with E-state index in [9.17, 15) is 8.42 Å². The Kier molecular flexibility index (Phi) is 5.75. The van der Waals surface area contributed by atoms with Crippen LogP contribution in [0.25, 0.3) is 11.1 Å². The SMILES string of the molecule is Nc1ncnc(NC2CC3(C2)CN(S(=O)(=O)CCCl)C3)c1-c1cnn(Cc2ccccc2)c1. The van der Waals surface area contributed by atoms with Gasteiger partial charge in [-0.15, -0.1) is 11.6 Å². The molecule has 1 aliphatic carbocycles. The molecule has 3 N–H and O–H groups in total. The lowest BCUT2D eigenvalue weighted by Crippen LogP contribution is -2.66. The van der Waals surface area contributed by atoms with Gasteiger partial charge in [0, 0.05) is 42.2 Å². The highest BCUT2D eigenvalue weighted by molar-refractivity contribution is 7.89. The van der Waals surface area contributed by atoms with Gasteiger partial charge in [-0.1, -0.05) is 30.3 Å². The zero-order valence-electron chi connectivity index (χ0n) is 18.1. The smallest absolute Gasteiger partial charge is 0.215 e. The fourth-order valence-corrected chi connectivity index (χ4v) is 6.79. The van der Waals surface area contributed by atoms with E-state index in [0.29, 0.717) is 31.3 Å². The van der Waals surface area contributed by atoms with Gasteiger partial charge in [-0.25, -0.2) is 22.7 Å². The van der Waals surface area contributed by atoms with Crippen LogP contribution in [0, 0.1) is 5.41 Å². The summed E-state index contributed by atoms with van der Waals surface area (Å²) in [6.07, 6.45) is 6.94. The first-order valence-electron chi connectivity index (χ1n) is 10.9. The Bertz CT molecular complexity index is 1230. The molecule has 9 nitrogen and oxygen atoms in total. The molecule has 2 fully saturated rings. The van der Waals surface area contributed by atoms with Crippen molar-refractivity contribution in [1.29, 1.82) is 0 Å². The summed E-state index contributed by atoms with van der Waals surface area (Å²) < 4.78 is 27.7. The molecule has 1 aliphatic heterocycles. The van der Waals surface area contributed by atoms with Gasteiger partial charge in [0.2, 0.25) is 10.0 Å². The predicted molar refractivity (Wildman–Crippen MR) is 128 cm³/mol. The molecular weight excluding hydrogens is 462 g/mol. The third kappa shape index (κ3) is 4.42. The third-order valence-corrected chi connectivity index (χ3v) is 8.62. The molecule has 0 amide bonds. The van der Waals surface area contributed by atoms with Crippen LogP contribution in [0.4, 0.5) is 11.6 Å². The van der Waals surface area contributed by atoms with Gasteiger partial charge in [-0.2, -0.15) is 5.10 Å². The summed E-state index contributed by atoms with van der Waals surface area (Å²) in [5.74, 6) is 1.18. The van der Waals surface area contributed by atoms with Crippen LogP contribution in [-0.2, 0) is 16.6 Å². The lowest BCUT2D eigenvalue weighted by Gasteiger charge is -2.58. The Labute approximate surface area is 198 Å². The number of nitrogens with zero attached hydrogens (tertiary/aromatic N) is 5. The molecule has 3 heterocycles. The van der Waals surface area contributed by atoms with Crippen molar-refractivity contribution in [3.8, 4) is 11.1 Å². The number of hydrogen-bond acceptors (Lipinski definition) is 7. The highest BCUT2D eigenvalue weighted by atomic mass is 35.5. The van der Waals surface area contributed by atoms with E-state index in [2.05, 4.69) is 32.5 Å². The summed E-state index contributed by atoms with van der Waals surface area (Å²) in [4.78, 5) is 8.62. The highest BCUT2D eigenvalue weighted by Gasteiger charge is 2.55. The number of benzene rings is 1. The van der Waals surface area contributed by atoms with E-state index < -0.39 is 10.0 Å². The van der Waals surface area contributed by atoms with E-state index in [-0.39, 0.29) is 23.1 Å². The van der Waals surface area contributed by atoms with Crippen molar-refractivity contribution in [2.75, 3.05) is 35.8 Å². The van der Waals surface area contributed by atoms with Crippen molar-refractivity contribution in [1.82, 2.24) is 24.1 Å². The average Bonchev–Trinajstić information content (AvgIpc) is 3.17. The van der Waals surface area contributed by atoms with Gasteiger partial charge >= 0.3 is 0 Å². The second-order valence-corrected chi connectivity index (χ2v) is 11.4. The van der Waals surface area contributed by atoms with Crippen LogP contribution in [0.5, 0.6) is 0 Å². The Morgan fingerprint density at radius 2 is 1.94 bits per heavy atom. The van der Waals surface area contributed by atoms with Gasteiger partial charge in [0.1, 0.15) is 18.0 Å². The molecule has 1 spiro atoms. The summed E-state index contributed by atoms with van der Waals surface area (Å²) in [5.41, 5.74) is 9.02. The zero-order valence-corrected chi connectivity index (χ0v) is 19.6. The molecule has 11 heteroatoms. The number of anilines is 2. The van der Waals surface area contributed by atoms with Gasteiger partial charge in [0.05, 0.1) is 24.1 Å². The highest BCUT2D eigenvalue weighted by Crippen LogP contribution is 2.50. The van der Waals surface area contributed by atoms with Crippen LogP contribution < -0.4 is 11.1 Å². The first-order valence-corrected chi connectivity index (χ1v) is 13.0. The fourth-order valence-electron chi connectivity index (χ4n) is 4.81. The molecule has 174 valence electrons. The standard InChI is InChI=1S/C22H26ClN7O2S/c23-6-7-33(31,32)30-13-22(14-30)8-18(9-22)28-21-19(20(24)25-15-26-21)17-10-27-29(12-17)11-16-4-2-1-3-5-16/h1-5,10,12,15,18H,6-9,11,13-14H2,(H3,24,25,26,28). The minimum Gasteiger partial charge on any atom is -0.383 e. The van der Waals surface area contributed by atoms with Crippen LogP contribution in [0.15, 0.2) is 49.1 Å². The number of sulfonamides is 1. The largest absolute Gasteiger partial charge is 0.383 e. The topological polar surface area (TPSA) is 119 Å². The molecule has 5 rings (SSSR count). The van der Waals surface area contributed by atoms with Crippen LogP contribution in [0.1, 0.15) is 18.4 Å². The molecule has 0 radical (unpaired) electrons. The first-order chi connectivity index (χ1) is 15.9. The van der Waals surface area contributed by atoms with Crippen LogP contribution >= 0.6 is 11.6 Å². The van der Waals surface area contributed by atoms with Crippen molar-refractivity contribution < 1.29 is 8.42 Å². The number of rotatable bonds is 8. The Morgan fingerprint density at radius 1 is 1.18 bits per heavy atom. The van der Waals surface area contributed by atoms with Gasteiger partial charge in [-0.3, -0.25) is 4.68 Å². The summed E-state index contributed by atoms with van der Waals surface area (Å²) in [6, 6.07) is 10.3. The van der Waals surface area contributed by atoms with Crippen molar-refractivity contribution in [2.45, 2.75) is 25.4 Å². The van der Waals surface area contributed by atoms with Crippen molar-refractivity contribution in [3.63, 3.8) is 0 Å². The molecule has 33 heavy (non-hydrogen) atoms. The normalized spacial score (nSPS) is 18.1. The molecule has 0 atom stereocenters. The van der Waals surface area contributed by atoms with Gasteiger partial charge < -0.3 is 11.1 Å². The monoisotopic (exact) mass is 487 g/mol. The molecule has 2 aliphatic rings. The molecule has 2 aromatic heterocycles. The van der Waals surface area contributed by atoms with Crippen LogP contribution in [0.3, 0.4) is 0 Å². The minimum absolute atomic E-state index is 0.00611. The summed E-state index contributed by atoms with van der Waals surface area (Å²) in [5, 5.41) is 7.97. The number of nitrogen functional groups attached to an aromatic ring is 1. The molecule has 0 bridgehead atoms. The number of alkyl halides is 1. The zero-order chi connectivity index (χ0) is 23.1. The minimum atomic E-state index is -3.23. The molecular formula is C22H26ClN7O2S. The van der Waals surface area contributed by atoms with E-state index >= 15 is 0 Å². The van der Waals surface area contributed by atoms with Crippen LogP contribution in [-0.4, -0.2) is 63.2 Å². The lowest BCUT2D eigenvalue weighted by atomic mass is 9.61. The van der Waals surface area contributed by atoms with E-state index in [0.717, 1.165) is 29.5 Å². The summed E-state index contributed by atoms with van der Waals surface area (Å²) in [6.45, 7) is 1.79. The van der Waals surface area contributed by atoms with Crippen molar-refractivity contribution in [3.05, 3.63) is 54.6 Å². The van der Waals surface area contributed by atoms with Crippen molar-refractivity contribution >= 4 is 33.3 Å². The summed E-state index contributed by atoms with van der Waals surface area (Å²) >= 11 is 5.62. The molecule has 1 saturated carbocycles. The number of nitrogens with two attached hydrogens (primary N) is 1. The van der Waals surface area contributed by atoms with Crippen molar-refractivity contribution in [2.24, 2.45) is 5.41 Å². The Hall–Kier alpha value is -2.69. The Morgan fingerprint density at radius 3 is 2.67 bits per heavy atom.